The Bertz CT molecular complexity index is 1140. The van der Waals surface area contributed by atoms with Gasteiger partial charge in [0.15, 0.2) is 10.9 Å². The lowest BCUT2D eigenvalue weighted by molar-refractivity contribution is 0.0997. The minimum Gasteiger partial charge on any atom is -0.451 e. The summed E-state index contributed by atoms with van der Waals surface area (Å²) in [5.41, 5.74) is 1.27. The van der Waals surface area contributed by atoms with Crippen LogP contribution in [0.1, 0.15) is 10.6 Å². The lowest BCUT2D eigenvalue weighted by atomic mass is 10.2. The van der Waals surface area contributed by atoms with E-state index in [9.17, 15) is 4.79 Å². The lowest BCUT2D eigenvalue weighted by Gasteiger charge is -2.02. The zero-order chi connectivity index (χ0) is 18.3. The Morgan fingerprint density at radius 2 is 1.77 bits per heavy atom. The van der Waals surface area contributed by atoms with E-state index >= 15 is 0 Å². The van der Waals surface area contributed by atoms with Crippen LogP contribution in [0.2, 0.25) is 15.1 Å². The highest BCUT2D eigenvalue weighted by atomic mass is 35.5. The first kappa shape index (κ1) is 17.4. The summed E-state index contributed by atoms with van der Waals surface area (Å²) in [6.07, 6.45) is 0. The summed E-state index contributed by atoms with van der Waals surface area (Å²) in [6, 6.07) is 13.9. The molecule has 0 aliphatic carbocycles. The number of nitrogens with one attached hydrogen (secondary N) is 1. The second-order valence-electron chi connectivity index (χ2n) is 5.32. The first-order valence-corrected chi connectivity index (χ1v) is 9.38. The summed E-state index contributed by atoms with van der Waals surface area (Å²) < 4.78 is 6.52. The van der Waals surface area contributed by atoms with Gasteiger partial charge in [0.05, 0.1) is 19.8 Å². The van der Waals surface area contributed by atoms with Crippen LogP contribution in [0.15, 0.2) is 52.9 Å². The van der Waals surface area contributed by atoms with Gasteiger partial charge in [0.2, 0.25) is 0 Å². The predicted molar refractivity (Wildman–Crippen MR) is 107 cm³/mol. The van der Waals surface area contributed by atoms with E-state index < -0.39 is 5.91 Å². The Labute approximate surface area is 167 Å². The van der Waals surface area contributed by atoms with E-state index in [1.54, 1.807) is 36.4 Å². The fourth-order valence-electron chi connectivity index (χ4n) is 2.43. The summed E-state index contributed by atoms with van der Waals surface area (Å²) in [7, 11) is 0. The molecule has 2 heterocycles. The molecule has 0 saturated carbocycles. The SMILES string of the molecule is O=C(Nc1nc2c(Cl)cccc2s1)c1ccc(-c2cccc(Cl)c2Cl)o1. The maximum Gasteiger partial charge on any atom is 0.293 e. The normalized spacial score (nSPS) is 11.0. The van der Waals surface area contributed by atoms with E-state index in [0.29, 0.717) is 37.0 Å². The average molecular weight is 424 g/mol. The second kappa shape index (κ2) is 6.93. The van der Waals surface area contributed by atoms with Crippen LogP contribution in [-0.2, 0) is 0 Å². The molecule has 0 radical (unpaired) electrons. The van der Waals surface area contributed by atoms with Crippen LogP contribution >= 0.6 is 46.1 Å². The molecule has 0 unspecified atom stereocenters. The number of anilines is 1. The predicted octanol–water partition coefficient (Wildman–Crippen LogP) is 6.77. The number of furan rings is 1. The van der Waals surface area contributed by atoms with Crippen molar-refractivity contribution in [3.05, 3.63) is 69.4 Å². The van der Waals surface area contributed by atoms with Gasteiger partial charge in [-0.1, -0.05) is 58.3 Å². The number of carbonyl (C=O) groups is 1. The molecular formula is C18H9Cl3N2O2S. The zero-order valence-corrected chi connectivity index (χ0v) is 16.0. The number of benzene rings is 2. The molecular weight excluding hydrogens is 415 g/mol. The number of fused-ring (bicyclic) bond motifs is 1. The van der Waals surface area contributed by atoms with E-state index in [4.69, 9.17) is 39.2 Å². The lowest BCUT2D eigenvalue weighted by Crippen LogP contribution is -2.10. The molecule has 4 aromatic rings. The summed E-state index contributed by atoms with van der Waals surface area (Å²) >= 11 is 19.7. The Morgan fingerprint density at radius 1 is 1.00 bits per heavy atom. The summed E-state index contributed by atoms with van der Waals surface area (Å²) in [5, 5.41) is 4.49. The fraction of sp³-hybridized carbons (Fsp3) is 0. The van der Waals surface area contributed by atoms with Gasteiger partial charge in [-0.25, -0.2) is 4.98 Å². The molecule has 0 fully saturated rings. The molecule has 0 saturated heterocycles. The number of nitrogens with zero attached hydrogens (tertiary/aromatic N) is 1. The standard InChI is InChI=1S/C18H9Cl3N2O2S/c19-10-4-1-3-9(15(10)21)12-7-8-13(25-12)17(24)23-18-22-16-11(20)5-2-6-14(16)26-18/h1-8H,(H,22,23,24). The van der Waals surface area contributed by atoms with Gasteiger partial charge in [-0.2, -0.15) is 0 Å². The van der Waals surface area contributed by atoms with E-state index in [0.717, 1.165) is 4.70 Å². The summed E-state index contributed by atoms with van der Waals surface area (Å²) in [6.45, 7) is 0. The van der Waals surface area contributed by atoms with Gasteiger partial charge >= 0.3 is 0 Å². The topological polar surface area (TPSA) is 55.1 Å². The van der Waals surface area contributed by atoms with Crippen LogP contribution in [0, 0.1) is 0 Å². The van der Waals surface area contributed by atoms with Crippen molar-refractivity contribution >= 4 is 67.4 Å². The van der Waals surface area contributed by atoms with Crippen LogP contribution in [-0.4, -0.2) is 10.9 Å². The van der Waals surface area contributed by atoms with E-state index in [1.807, 2.05) is 12.1 Å². The molecule has 0 aliphatic rings. The molecule has 0 atom stereocenters. The van der Waals surface area contributed by atoms with Crippen molar-refractivity contribution in [2.75, 3.05) is 5.32 Å². The van der Waals surface area contributed by atoms with Gasteiger partial charge in [0.1, 0.15) is 11.3 Å². The molecule has 1 N–H and O–H groups in total. The maximum absolute atomic E-state index is 12.4. The number of hydrogen-bond donors (Lipinski definition) is 1. The van der Waals surface area contributed by atoms with Crippen LogP contribution in [0.5, 0.6) is 0 Å². The van der Waals surface area contributed by atoms with E-state index in [-0.39, 0.29) is 5.76 Å². The number of halogens is 3. The summed E-state index contributed by atoms with van der Waals surface area (Å²) in [5.74, 6) is 0.181. The number of hydrogen-bond acceptors (Lipinski definition) is 4. The zero-order valence-electron chi connectivity index (χ0n) is 12.9. The van der Waals surface area contributed by atoms with Crippen LogP contribution in [0.3, 0.4) is 0 Å². The molecule has 130 valence electrons. The highest BCUT2D eigenvalue weighted by molar-refractivity contribution is 7.22. The minimum atomic E-state index is -0.412. The van der Waals surface area contributed by atoms with Crippen molar-refractivity contribution in [2.45, 2.75) is 0 Å². The monoisotopic (exact) mass is 422 g/mol. The number of aromatic nitrogens is 1. The molecule has 2 aromatic heterocycles. The van der Waals surface area contributed by atoms with Crippen molar-refractivity contribution in [1.82, 2.24) is 4.98 Å². The quantitative estimate of drug-likeness (QED) is 0.395. The number of rotatable bonds is 3. The first-order valence-electron chi connectivity index (χ1n) is 7.43. The minimum absolute atomic E-state index is 0.140. The number of thiazole rings is 1. The van der Waals surface area contributed by atoms with Crippen molar-refractivity contribution in [3.8, 4) is 11.3 Å². The molecule has 4 rings (SSSR count). The molecule has 4 nitrogen and oxygen atoms in total. The number of amides is 1. The number of carbonyl (C=O) groups excluding carboxylic acids is 1. The highest BCUT2D eigenvalue weighted by Crippen LogP contribution is 2.35. The molecule has 8 heteroatoms. The van der Waals surface area contributed by atoms with Gasteiger partial charge in [-0.15, -0.1) is 0 Å². The highest BCUT2D eigenvalue weighted by Gasteiger charge is 2.17. The molecule has 1 amide bonds. The van der Waals surface area contributed by atoms with Crippen molar-refractivity contribution in [2.24, 2.45) is 0 Å². The Morgan fingerprint density at radius 3 is 2.58 bits per heavy atom. The van der Waals surface area contributed by atoms with Crippen molar-refractivity contribution in [1.29, 1.82) is 0 Å². The fourth-order valence-corrected chi connectivity index (χ4v) is 3.98. The third kappa shape index (κ3) is 3.19. The molecule has 0 aliphatic heterocycles. The molecule has 2 aromatic carbocycles. The average Bonchev–Trinajstić information content (AvgIpc) is 3.25. The van der Waals surface area contributed by atoms with E-state index in [2.05, 4.69) is 10.3 Å². The van der Waals surface area contributed by atoms with Crippen LogP contribution in [0.25, 0.3) is 21.5 Å². The van der Waals surface area contributed by atoms with Gasteiger partial charge in [-0.3, -0.25) is 10.1 Å². The maximum atomic E-state index is 12.4. The largest absolute Gasteiger partial charge is 0.451 e. The third-order valence-corrected chi connectivity index (χ3v) is 5.70. The van der Waals surface area contributed by atoms with Crippen LogP contribution in [0.4, 0.5) is 5.13 Å². The van der Waals surface area contributed by atoms with Gasteiger partial charge < -0.3 is 4.42 Å². The van der Waals surface area contributed by atoms with Gasteiger partial charge in [-0.05, 0) is 36.4 Å². The van der Waals surface area contributed by atoms with Gasteiger partial charge in [0.25, 0.3) is 5.91 Å². The molecule has 26 heavy (non-hydrogen) atoms. The molecule has 0 bridgehead atoms. The van der Waals surface area contributed by atoms with Crippen molar-refractivity contribution in [3.63, 3.8) is 0 Å². The van der Waals surface area contributed by atoms with E-state index in [1.165, 1.54) is 11.3 Å². The summed E-state index contributed by atoms with van der Waals surface area (Å²) in [4.78, 5) is 16.8. The van der Waals surface area contributed by atoms with Gasteiger partial charge in [0, 0.05) is 5.56 Å². The van der Waals surface area contributed by atoms with Crippen molar-refractivity contribution < 1.29 is 9.21 Å². The molecule has 0 spiro atoms. The number of para-hydroxylation sites is 1. The second-order valence-corrected chi connectivity index (χ2v) is 7.55. The Hall–Kier alpha value is -2.05. The smallest absolute Gasteiger partial charge is 0.293 e. The Balaban J connectivity index is 1.60. The third-order valence-electron chi connectivity index (χ3n) is 3.64. The van der Waals surface area contributed by atoms with Crippen LogP contribution < -0.4 is 5.32 Å². The first-order chi connectivity index (χ1) is 12.5. The Kier molecular flexibility index (Phi) is 4.63.